The average molecular weight is 277 g/mol. The highest BCUT2D eigenvalue weighted by atomic mass is 16.4. The molecule has 0 aliphatic carbocycles. The Morgan fingerprint density at radius 1 is 1.35 bits per heavy atom. The molecule has 0 aromatic heterocycles. The maximum Gasteiger partial charge on any atom is 0.321 e. The predicted octanol–water partition coefficient (Wildman–Crippen LogP) is 0.724. The Morgan fingerprint density at radius 3 is 2.65 bits per heavy atom. The highest BCUT2D eigenvalue weighted by Crippen LogP contribution is 2.20. The topological polar surface area (TPSA) is 113 Å². The SMILES string of the molecule is NC(=O)c1cccc(NC(=O)N2CC(CC(=O)O)C2)c1. The molecule has 20 heavy (non-hydrogen) atoms. The fourth-order valence-corrected chi connectivity index (χ4v) is 2.06. The molecule has 0 spiro atoms. The molecule has 1 fully saturated rings. The molecule has 1 aliphatic heterocycles. The highest BCUT2D eigenvalue weighted by Gasteiger charge is 2.32. The number of anilines is 1. The van der Waals surface area contributed by atoms with Crippen molar-refractivity contribution >= 4 is 23.6 Å². The molecule has 106 valence electrons. The Balaban J connectivity index is 1.88. The number of likely N-dealkylation sites (tertiary alicyclic amines) is 1. The van der Waals surface area contributed by atoms with Crippen molar-refractivity contribution in [3.63, 3.8) is 0 Å². The summed E-state index contributed by atoms with van der Waals surface area (Å²) >= 11 is 0. The predicted molar refractivity (Wildman–Crippen MR) is 71.3 cm³/mol. The fourth-order valence-electron chi connectivity index (χ4n) is 2.06. The lowest BCUT2D eigenvalue weighted by Crippen LogP contribution is -2.52. The van der Waals surface area contributed by atoms with Gasteiger partial charge < -0.3 is 21.1 Å². The van der Waals surface area contributed by atoms with Gasteiger partial charge in [0.25, 0.3) is 0 Å². The first-order chi connectivity index (χ1) is 9.45. The number of aliphatic carboxylic acids is 1. The van der Waals surface area contributed by atoms with E-state index in [0.29, 0.717) is 24.3 Å². The second-order valence-electron chi connectivity index (χ2n) is 4.74. The molecule has 1 heterocycles. The zero-order chi connectivity index (χ0) is 14.7. The minimum Gasteiger partial charge on any atom is -0.481 e. The van der Waals surface area contributed by atoms with E-state index < -0.39 is 11.9 Å². The summed E-state index contributed by atoms with van der Waals surface area (Å²) in [6.45, 7) is 0.848. The summed E-state index contributed by atoms with van der Waals surface area (Å²) in [5, 5.41) is 11.3. The van der Waals surface area contributed by atoms with Gasteiger partial charge in [0, 0.05) is 30.3 Å². The fraction of sp³-hybridized carbons (Fsp3) is 0.308. The lowest BCUT2D eigenvalue weighted by atomic mass is 9.97. The van der Waals surface area contributed by atoms with Crippen molar-refractivity contribution in [3.8, 4) is 0 Å². The van der Waals surface area contributed by atoms with Gasteiger partial charge in [-0.1, -0.05) is 6.07 Å². The third-order valence-corrected chi connectivity index (χ3v) is 3.11. The lowest BCUT2D eigenvalue weighted by molar-refractivity contribution is -0.139. The van der Waals surface area contributed by atoms with E-state index in [-0.39, 0.29) is 18.4 Å². The van der Waals surface area contributed by atoms with Crippen LogP contribution in [0.2, 0.25) is 0 Å². The van der Waals surface area contributed by atoms with Gasteiger partial charge >= 0.3 is 12.0 Å². The number of urea groups is 1. The number of carboxylic acid groups (broad SMARTS) is 1. The van der Waals surface area contributed by atoms with E-state index in [4.69, 9.17) is 10.8 Å². The first-order valence-corrected chi connectivity index (χ1v) is 6.13. The van der Waals surface area contributed by atoms with E-state index in [1.807, 2.05) is 0 Å². The van der Waals surface area contributed by atoms with Gasteiger partial charge in [0.15, 0.2) is 0 Å². The summed E-state index contributed by atoms with van der Waals surface area (Å²) in [6, 6.07) is 6.02. The first kappa shape index (κ1) is 13.9. The maximum atomic E-state index is 11.9. The standard InChI is InChI=1S/C13H15N3O4/c14-12(19)9-2-1-3-10(5-9)15-13(20)16-6-8(7-16)4-11(17)18/h1-3,5,8H,4,6-7H2,(H2,14,19)(H,15,20)(H,17,18). The quantitative estimate of drug-likeness (QED) is 0.752. The van der Waals surface area contributed by atoms with Crippen LogP contribution in [0.25, 0.3) is 0 Å². The molecule has 0 saturated carbocycles. The van der Waals surface area contributed by atoms with Gasteiger partial charge in [-0.05, 0) is 18.2 Å². The number of amides is 3. The van der Waals surface area contributed by atoms with Crippen LogP contribution in [0.15, 0.2) is 24.3 Å². The molecule has 1 aromatic carbocycles. The summed E-state index contributed by atoms with van der Waals surface area (Å²) in [6.07, 6.45) is 0.0704. The van der Waals surface area contributed by atoms with Crippen LogP contribution in [0, 0.1) is 5.92 Å². The van der Waals surface area contributed by atoms with E-state index in [9.17, 15) is 14.4 Å². The number of nitrogens with one attached hydrogen (secondary N) is 1. The van der Waals surface area contributed by atoms with Crippen molar-refractivity contribution in [2.75, 3.05) is 18.4 Å². The van der Waals surface area contributed by atoms with Gasteiger partial charge in [-0.15, -0.1) is 0 Å². The van der Waals surface area contributed by atoms with Crippen LogP contribution < -0.4 is 11.1 Å². The molecule has 0 bridgehead atoms. The third kappa shape index (κ3) is 3.25. The summed E-state index contributed by atoms with van der Waals surface area (Å²) < 4.78 is 0. The number of rotatable bonds is 4. The summed E-state index contributed by atoms with van der Waals surface area (Å²) in [4.78, 5) is 34.9. The molecular formula is C13H15N3O4. The number of primary amides is 1. The minimum atomic E-state index is -0.857. The van der Waals surface area contributed by atoms with Crippen LogP contribution in [0.1, 0.15) is 16.8 Å². The molecule has 2 rings (SSSR count). The van der Waals surface area contributed by atoms with Crippen LogP contribution in [-0.4, -0.2) is 41.0 Å². The van der Waals surface area contributed by atoms with Gasteiger partial charge in [0.2, 0.25) is 5.91 Å². The smallest absolute Gasteiger partial charge is 0.321 e. The van der Waals surface area contributed by atoms with Gasteiger partial charge in [0.1, 0.15) is 0 Å². The second-order valence-corrected chi connectivity index (χ2v) is 4.74. The molecular weight excluding hydrogens is 262 g/mol. The normalized spacial score (nSPS) is 14.5. The summed E-state index contributed by atoms with van der Waals surface area (Å²) in [5.74, 6) is -1.41. The van der Waals surface area contributed by atoms with Crippen LogP contribution in [0.5, 0.6) is 0 Å². The van der Waals surface area contributed by atoms with E-state index in [0.717, 1.165) is 0 Å². The third-order valence-electron chi connectivity index (χ3n) is 3.11. The van der Waals surface area contributed by atoms with E-state index in [2.05, 4.69) is 5.32 Å². The second kappa shape index (κ2) is 5.60. The van der Waals surface area contributed by atoms with Crippen LogP contribution in [-0.2, 0) is 4.79 Å². The minimum absolute atomic E-state index is 0.00945. The van der Waals surface area contributed by atoms with Gasteiger partial charge in [0.05, 0.1) is 6.42 Å². The molecule has 0 radical (unpaired) electrons. The Hall–Kier alpha value is -2.57. The largest absolute Gasteiger partial charge is 0.481 e. The van der Waals surface area contributed by atoms with Crippen molar-refractivity contribution in [3.05, 3.63) is 29.8 Å². The molecule has 7 nitrogen and oxygen atoms in total. The van der Waals surface area contributed by atoms with Crippen LogP contribution in [0.4, 0.5) is 10.5 Å². The Bertz CT molecular complexity index is 552. The van der Waals surface area contributed by atoms with Gasteiger partial charge in [-0.25, -0.2) is 4.79 Å². The monoisotopic (exact) mass is 277 g/mol. The van der Waals surface area contributed by atoms with E-state index >= 15 is 0 Å². The Labute approximate surface area is 115 Å². The van der Waals surface area contributed by atoms with Crippen molar-refractivity contribution < 1.29 is 19.5 Å². The molecule has 4 N–H and O–H groups in total. The number of benzene rings is 1. The summed E-state index contributed by atoms with van der Waals surface area (Å²) in [5.41, 5.74) is 5.95. The molecule has 1 aromatic rings. The number of hydrogen-bond donors (Lipinski definition) is 3. The highest BCUT2D eigenvalue weighted by molar-refractivity contribution is 5.96. The number of nitrogens with two attached hydrogens (primary N) is 1. The molecule has 1 aliphatic rings. The number of carboxylic acids is 1. The van der Waals surface area contributed by atoms with Gasteiger partial charge in [-0.2, -0.15) is 0 Å². The number of carbonyl (C=O) groups is 3. The Kier molecular flexibility index (Phi) is 3.88. The zero-order valence-corrected chi connectivity index (χ0v) is 10.7. The van der Waals surface area contributed by atoms with Crippen LogP contribution >= 0.6 is 0 Å². The number of carbonyl (C=O) groups excluding carboxylic acids is 2. The number of hydrogen-bond acceptors (Lipinski definition) is 3. The average Bonchev–Trinajstić information content (AvgIpc) is 2.33. The Morgan fingerprint density at radius 2 is 2.05 bits per heavy atom. The van der Waals surface area contributed by atoms with Crippen molar-refractivity contribution in [2.45, 2.75) is 6.42 Å². The maximum absolute atomic E-state index is 11.9. The zero-order valence-electron chi connectivity index (χ0n) is 10.7. The summed E-state index contributed by atoms with van der Waals surface area (Å²) in [7, 11) is 0. The molecule has 3 amide bonds. The van der Waals surface area contributed by atoms with Gasteiger partial charge in [-0.3, -0.25) is 9.59 Å². The first-order valence-electron chi connectivity index (χ1n) is 6.13. The van der Waals surface area contributed by atoms with Crippen molar-refractivity contribution in [1.29, 1.82) is 0 Å². The number of nitrogens with zero attached hydrogens (tertiary/aromatic N) is 1. The van der Waals surface area contributed by atoms with Crippen molar-refractivity contribution in [1.82, 2.24) is 4.90 Å². The van der Waals surface area contributed by atoms with Crippen LogP contribution in [0.3, 0.4) is 0 Å². The van der Waals surface area contributed by atoms with E-state index in [1.165, 1.54) is 11.0 Å². The van der Waals surface area contributed by atoms with E-state index in [1.54, 1.807) is 18.2 Å². The van der Waals surface area contributed by atoms with Crippen molar-refractivity contribution in [2.24, 2.45) is 11.7 Å². The molecule has 7 heteroatoms. The lowest BCUT2D eigenvalue weighted by Gasteiger charge is -2.38. The molecule has 0 unspecified atom stereocenters. The molecule has 1 saturated heterocycles. The molecule has 0 atom stereocenters.